The summed E-state index contributed by atoms with van der Waals surface area (Å²) in [4.78, 5) is 5.02. The second-order valence-electron chi connectivity index (χ2n) is 26.2. The Balaban J connectivity index is 1.21. The molecule has 0 unspecified atom stereocenters. The number of anilines is 6. The van der Waals surface area contributed by atoms with E-state index < -0.39 is 16.1 Å². The van der Waals surface area contributed by atoms with Crippen molar-refractivity contribution in [3.05, 3.63) is 240 Å². The first-order valence-electron chi connectivity index (χ1n) is 28.4. The van der Waals surface area contributed by atoms with Crippen LogP contribution in [0.25, 0.3) is 55.0 Å². The molecule has 12 rings (SSSR count). The summed E-state index contributed by atoms with van der Waals surface area (Å²) in [5.41, 5.74) is 21.1. The maximum absolute atomic E-state index is 7.54. The summed E-state index contributed by atoms with van der Waals surface area (Å²) >= 11 is 0. The van der Waals surface area contributed by atoms with Crippen LogP contribution in [-0.2, 0) is 23.7 Å². The third kappa shape index (κ3) is 9.65. The lowest BCUT2D eigenvalue weighted by Gasteiger charge is -2.31. The summed E-state index contributed by atoms with van der Waals surface area (Å²) < 4.78 is 7.54. The van der Waals surface area contributed by atoms with E-state index in [-0.39, 0.29) is 10.8 Å². The fourth-order valence-electron chi connectivity index (χ4n) is 12.1. The van der Waals surface area contributed by atoms with Crippen molar-refractivity contribution < 1.29 is 4.42 Å². The van der Waals surface area contributed by atoms with E-state index in [2.05, 4.69) is 297 Å². The SMILES string of the molecule is CC(C)(C)c1ccc(N(c2ccc([Si](C)(C)C)cc2)c2cc3c(c4ccccc24)-c2c(cc(N(c4ccc(C(C)(C)C)cc4)c4ccc([Si](C)(C)C)cc4)c4c2oc2ccccc24)Cc2ccccc2-c2ccccc2C3)cc1. The van der Waals surface area contributed by atoms with Gasteiger partial charge in [0, 0.05) is 39.1 Å². The van der Waals surface area contributed by atoms with Crippen molar-refractivity contribution >= 4 is 93.4 Å². The van der Waals surface area contributed by atoms with Gasteiger partial charge in [0.15, 0.2) is 0 Å². The van der Waals surface area contributed by atoms with Crippen LogP contribution in [0.3, 0.4) is 0 Å². The molecule has 0 fully saturated rings. The molecule has 1 aliphatic rings. The van der Waals surface area contributed by atoms with Crippen LogP contribution >= 0.6 is 0 Å². The smallest absolute Gasteiger partial charge is 0.145 e. The molecule has 1 aromatic heterocycles. The molecule has 0 saturated heterocycles. The highest BCUT2D eigenvalue weighted by atomic mass is 28.3. The van der Waals surface area contributed by atoms with Gasteiger partial charge < -0.3 is 14.2 Å². The van der Waals surface area contributed by atoms with Crippen molar-refractivity contribution in [2.24, 2.45) is 0 Å². The fraction of sp³-hybridized carbons (Fsp3) is 0.216. The van der Waals surface area contributed by atoms with Crippen molar-refractivity contribution in [3.63, 3.8) is 0 Å². The third-order valence-corrected chi connectivity index (χ3v) is 20.7. The molecule has 11 aromatic rings. The maximum Gasteiger partial charge on any atom is 0.145 e. The summed E-state index contributed by atoms with van der Waals surface area (Å²) in [5.74, 6) is 0. The van der Waals surface area contributed by atoms with Gasteiger partial charge >= 0.3 is 0 Å². The van der Waals surface area contributed by atoms with Crippen LogP contribution in [0.5, 0.6) is 0 Å². The maximum atomic E-state index is 7.54. The molecule has 0 aliphatic heterocycles. The van der Waals surface area contributed by atoms with Crippen molar-refractivity contribution in [1.29, 1.82) is 0 Å². The molecule has 5 heteroatoms. The molecule has 1 heterocycles. The quantitative estimate of drug-likeness (QED) is 0.141. The van der Waals surface area contributed by atoms with Crippen LogP contribution in [0.1, 0.15) is 74.9 Å². The molecule has 394 valence electrons. The first-order chi connectivity index (χ1) is 37.7. The monoisotopic (exact) mass is 1060 g/mol. The first-order valence-corrected chi connectivity index (χ1v) is 35.4. The number of furan rings is 1. The zero-order valence-electron chi connectivity index (χ0n) is 48.3. The van der Waals surface area contributed by atoms with Gasteiger partial charge in [-0.15, -0.1) is 0 Å². The number of benzene rings is 10. The molecule has 0 N–H and O–H groups in total. The second kappa shape index (κ2) is 19.6. The summed E-state index contributed by atoms with van der Waals surface area (Å²) in [6.07, 6.45) is 1.40. The van der Waals surface area contributed by atoms with Gasteiger partial charge in [0.25, 0.3) is 0 Å². The average molecular weight is 1060 g/mol. The second-order valence-corrected chi connectivity index (χ2v) is 36.4. The van der Waals surface area contributed by atoms with E-state index in [4.69, 9.17) is 4.42 Å². The van der Waals surface area contributed by atoms with Gasteiger partial charge in [-0.3, -0.25) is 0 Å². The topological polar surface area (TPSA) is 19.6 Å². The Bertz CT molecular complexity index is 3970. The third-order valence-electron chi connectivity index (χ3n) is 16.6. The minimum atomic E-state index is -1.61. The van der Waals surface area contributed by atoms with Crippen LogP contribution in [0.15, 0.2) is 211 Å². The van der Waals surface area contributed by atoms with E-state index in [1.165, 1.54) is 71.2 Å². The Hall–Kier alpha value is -7.71. The number of para-hydroxylation sites is 1. The summed E-state index contributed by atoms with van der Waals surface area (Å²) in [6, 6.07) is 78.6. The lowest BCUT2D eigenvalue weighted by molar-refractivity contribution is 0.590. The lowest BCUT2D eigenvalue weighted by atomic mass is 9.80. The Labute approximate surface area is 471 Å². The number of nitrogens with zero attached hydrogens (tertiary/aromatic N) is 2. The average Bonchev–Trinajstić information content (AvgIpc) is 4.10. The number of hydrogen-bond donors (Lipinski definition) is 0. The van der Waals surface area contributed by atoms with Crippen molar-refractivity contribution in [2.45, 2.75) is 104 Å². The molecule has 0 bridgehead atoms. The molecule has 0 radical (unpaired) electrons. The van der Waals surface area contributed by atoms with Gasteiger partial charge in [0.2, 0.25) is 0 Å². The Kier molecular flexibility index (Phi) is 12.9. The van der Waals surface area contributed by atoms with E-state index in [0.29, 0.717) is 12.8 Å². The predicted molar refractivity (Wildman–Crippen MR) is 347 cm³/mol. The van der Waals surface area contributed by atoms with Gasteiger partial charge in [-0.2, -0.15) is 0 Å². The predicted octanol–water partition coefficient (Wildman–Crippen LogP) is 20.2. The molecule has 1 aliphatic carbocycles. The minimum Gasteiger partial charge on any atom is -0.455 e. The molecule has 0 spiro atoms. The van der Waals surface area contributed by atoms with E-state index >= 15 is 0 Å². The van der Waals surface area contributed by atoms with Gasteiger partial charge in [0.05, 0.1) is 32.9 Å². The van der Waals surface area contributed by atoms with E-state index in [1.807, 2.05) is 0 Å². The van der Waals surface area contributed by atoms with Gasteiger partial charge in [-0.1, -0.05) is 231 Å². The molecule has 10 aromatic carbocycles. The minimum absolute atomic E-state index is 0.00438. The van der Waals surface area contributed by atoms with Crippen molar-refractivity contribution in [1.82, 2.24) is 0 Å². The number of fused-ring (bicyclic) bond motifs is 12. The van der Waals surface area contributed by atoms with Crippen molar-refractivity contribution in [3.8, 4) is 22.3 Å². The van der Waals surface area contributed by atoms with Gasteiger partial charge in [-0.05, 0) is 146 Å². The Morgan fingerprint density at radius 2 is 0.747 bits per heavy atom. The zero-order chi connectivity index (χ0) is 55.2. The highest BCUT2D eigenvalue weighted by Crippen LogP contribution is 2.53. The Morgan fingerprint density at radius 3 is 1.22 bits per heavy atom. The van der Waals surface area contributed by atoms with E-state index in [1.54, 1.807) is 0 Å². The fourth-order valence-corrected chi connectivity index (χ4v) is 14.5. The molecular weight excluding hydrogens is 989 g/mol. The van der Waals surface area contributed by atoms with Gasteiger partial charge in [-0.25, -0.2) is 0 Å². The highest BCUT2D eigenvalue weighted by Gasteiger charge is 2.31. The standard InChI is InChI=1S/C74H74N2OSi2/c1-73(2,3)53-29-33-55(34-30-53)75(57-37-41-59(42-38-57)78(7,8)9)66-47-51-45-49-21-13-15-23-61(49)62-24-16-14-22-50(62)46-52-48-67(71-65-27-19-20-28-68(65)77-72(71)70(52)69(51)64-26-18-17-25-63(64)66)76(56-35-31-54(32-36-56)74(4,5)6)58-39-43-60(44-40-58)79(10,11)12/h13-44,47-48H,45-46H2,1-12H3. The van der Waals surface area contributed by atoms with E-state index in [9.17, 15) is 0 Å². The summed E-state index contributed by atoms with van der Waals surface area (Å²) in [7, 11) is -3.19. The molecule has 3 nitrogen and oxygen atoms in total. The summed E-state index contributed by atoms with van der Waals surface area (Å²) in [6.45, 7) is 28.4. The van der Waals surface area contributed by atoms with Gasteiger partial charge in [0.1, 0.15) is 11.2 Å². The zero-order valence-corrected chi connectivity index (χ0v) is 50.3. The molecule has 0 saturated carbocycles. The normalized spacial score (nSPS) is 13.0. The van der Waals surface area contributed by atoms with E-state index in [0.717, 1.165) is 61.6 Å². The van der Waals surface area contributed by atoms with Crippen LogP contribution in [-0.4, -0.2) is 16.1 Å². The van der Waals surface area contributed by atoms with Crippen LogP contribution in [0.2, 0.25) is 39.3 Å². The van der Waals surface area contributed by atoms with Crippen LogP contribution < -0.4 is 20.2 Å². The van der Waals surface area contributed by atoms with Crippen LogP contribution in [0.4, 0.5) is 34.1 Å². The molecule has 79 heavy (non-hydrogen) atoms. The van der Waals surface area contributed by atoms with Crippen molar-refractivity contribution in [2.75, 3.05) is 9.80 Å². The number of rotatable bonds is 8. The number of hydrogen-bond acceptors (Lipinski definition) is 3. The highest BCUT2D eigenvalue weighted by molar-refractivity contribution is 6.89. The largest absolute Gasteiger partial charge is 0.455 e. The molecule has 0 atom stereocenters. The lowest BCUT2D eigenvalue weighted by Crippen LogP contribution is -2.37. The molecular formula is C74H74N2OSi2. The van der Waals surface area contributed by atoms with Crippen LogP contribution in [0, 0.1) is 0 Å². The summed E-state index contributed by atoms with van der Waals surface area (Å²) in [5, 5.41) is 7.47. The molecule has 0 amide bonds. The Morgan fingerprint density at radius 1 is 0.367 bits per heavy atom. The first kappa shape index (κ1) is 52.0.